The van der Waals surface area contributed by atoms with Crippen molar-refractivity contribution in [1.29, 1.82) is 0 Å². The molecule has 1 aliphatic rings. The van der Waals surface area contributed by atoms with Gasteiger partial charge < -0.3 is 9.88 Å². The number of aromatic amines is 1. The number of hydrogen-bond acceptors (Lipinski definition) is 3. The molecule has 1 aromatic carbocycles. The van der Waals surface area contributed by atoms with Gasteiger partial charge in [-0.2, -0.15) is 0 Å². The van der Waals surface area contributed by atoms with Crippen LogP contribution in [-0.2, 0) is 21.1 Å². The predicted molar refractivity (Wildman–Crippen MR) is 81.8 cm³/mol. The third-order valence-corrected chi connectivity index (χ3v) is 5.72. The number of carbonyl (C=O) groups excluding carboxylic acids is 1. The summed E-state index contributed by atoms with van der Waals surface area (Å²) >= 11 is 0. The second kappa shape index (κ2) is 5.18. The molecule has 1 atom stereocenters. The Balaban J connectivity index is 1.73. The summed E-state index contributed by atoms with van der Waals surface area (Å²) in [5, 5.41) is 0.633. The van der Waals surface area contributed by atoms with Gasteiger partial charge in [-0.1, -0.05) is 18.2 Å². The smallest absolute Gasteiger partial charge is 0.227 e. The summed E-state index contributed by atoms with van der Waals surface area (Å²) in [4.78, 5) is 17.2. The standard InChI is InChI=1S/C15H18N2O3S/c1-21(19,20)12-6-7-17(10-12)15(18)8-11-9-16-14-5-3-2-4-13(11)14/h2-5,9,12,16H,6-8,10H2,1H3. The number of para-hydroxylation sites is 1. The molecule has 0 spiro atoms. The molecule has 0 aliphatic carbocycles. The van der Waals surface area contributed by atoms with E-state index in [0.29, 0.717) is 25.9 Å². The van der Waals surface area contributed by atoms with Crippen LogP contribution < -0.4 is 0 Å². The lowest BCUT2D eigenvalue weighted by Gasteiger charge is -2.15. The van der Waals surface area contributed by atoms with Crippen molar-refractivity contribution < 1.29 is 13.2 Å². The Morgan fingerprint density at radius 2 is 2.14 bits per heavy atom. The lowest BCUT2D eigenvalue weighted by molar-refractivity contribution is -0.129. The first-order valence-corrected chi connectivity index (χ1v) is 8.92. The number of fused-ring (bicyclic) bond motifs is 1. The number of nitrogens with zero attached hydrogens (tertiary/aromatic N) is 1. The largest absolute Gasteiger partial charge is 0.361 e. The number of aromatic nitrogens is 1. The summed E-state index contributed by atoms with van der Waals surface area (Å²) in [5.41, 5.74) is 1.97. The molecule has 1 unspecified atom stereocenters. The monoisotopic (exact) mass is 306 g/mol. The van der Waals surface area contributed by atoms with E-state index in [0.717, 1.165) is 16.5 Å². The molecule has 1 saturated heterocycles. The van der Waals surface area contributed by atoms with Crippen LogP contribution in [0.4, 0.5) is 0 Å². The van der Waals surface area contributed by atoms with Crippen molar-refractivity contribution in [3.05, 3.63) is 36.0 Å². The Morgan fingerprint density at radius 1 is 1.38 bits per heavy atom. The summed E-state index contributed by atoms with van der Waals surface area (Å²) in [7, 11) is -3.07. The fourth-order valence-electron chi connectivity index (χ4n) is 2.86. The van der Waals surface area contributed by atoms with E-state index in [9.17, 15) is 13.2 Å². The van der Waals surface area contributed by atoms with Crippen LogP contribution >= 0.6 is 0 Å². The molecule has 5 nitrogen and oxygen atoms in total. The Morgan fingerprint density at radius 3 is 2.86 bits per heavy atom. The van der Waals surface area contributed by atoms with Crippen LogP contribution in [0.3, 0.4) is 0 Å². The van der Waals surface area contributed by atoms with E-state index in [1.54, 1.807) is 4.90 Å². The first-order chi connectivity index (χ1) is 9.95. The number of H-pyrrole nitrogens is 1. The fraction of sp³-hybridized carbons (Fsp3) is 0.400. The van der Waals surface area contributed by atoms with E-state index in [2.05, 4.69) is 4.98 Å². The van der Waals surface area contributed by atoms with Crippen molar-refractivity contribution >= 4 is 26.6 Å². The Bertz CT molecular complexity index is 779. The molecular weight excluding hydrogens is 288 g/mol. The minimum absolute atomic E-state index is 0.00842. The molecule has 1 N–H and O–H groups in total. The molecule has 112 valence electrons. The van der Waals surface area contributed by atoms with E-state index in [4.69, 9.17) is 0 Å². The van der Waals surface area contributed by atoms with Gasteiger partial charge in [0.1, 0.15) is 0 Å². The number of sulfone groups is 1. The summed E-state index contributed by atoms with van der Waals surface area (Å²) < 4.78 is 23.1. The van der Waals surface area contributed by atoms with Crippen molar-refractivity contribution in [2.75, 3.05) is 19.3 Å². The van der Waals surface area contributed by atoms with Gasteiger partial charge in [0.15, 0.2) is 9.84 Å². The molecule has 1 amide bonds. The Hall–Kier alpha value is -1.82. The normalized spacial score (nSPS) is 19.3. The topological polar surface area (TPSA) is 70.2 Å². The number of rotatable bonds is 3. The summed E-state index contributed by atoms with van der Waals surface area (Å²) in [6, 6.07) is 7.85. The van der Waals surface area contributed by atoms with Crippen LogP contribution in [-0.4, -0.2) is 48.8 Å². The minimum atomic E-state index is -3.07. The van der Waals surface area contributed by atoms with Crippen molar-refractivity contribution in [2.45, 2.75) is 18.1 Å². The van der Waals surface area contributed by atoms with Crippen molar-refractivity contribution in [3.8, 4) is 0 Å². The second-order valence-electron chi connectivity index (χ2n) is 5.62. The van der Waals surface area contributed by atoms with Gasteiger partial charge in [0.2, 0.25) is 5.91 Å². The average molecular weight is 306 g/mol. The highest BCUT2D eigenvalue weighted by atomic mass is 32.2. The van der Waals surface area contributed by atoms with Gasteiger partial charge >= 0.3 is 0 Å². The van der Waals surface area contributed by atoms with Gasteiger partial charge in [-0.25, -0.2) is 8.42 Å². The number of nitrogens with one attached hydrogen (secondary N) is 1. The molecule has 2 heterocycles. The van der Waals surface area contributed by atoms with Crippen LogP contribution in [0.5, 0.6) is 0 Å². The van der Waals surface area contributed by atoms with Crippen molar-refractivity contribution in [2.24, 2.45) is 0 Å². The summed E-state index contributed by atoms with van der Waals surface area (Å²) in [6.45, 7) is 0.846. The maximum absolute atomic E-state index is 12.3. The number of carbonyl (C=O) groups is 1. The van der Waals surface area contributed by atoms with Crippen molar-refractivity contribution in [1.82, 2.24) is 9.88 Å². The predicted octanol–water partition coefficient (Wildman–Crippen LogP) is 1.36. The molecule has 0 bridgehead atoms. The first-order valence-electron chi connectivity index (χ1n) is 6.97. The zero-order chi connectivity index (χ0) is 15.0. The zero-order valence-corrected chi connectivity index (χ0v) is 12.7. The number of hydrogen-bond donors (Lipinski definition) is 1. The van der Waals surface area contributed by atoms with Gasteiger partial charge in [0, 0.05) is 36.4 Å². The molecule has 1 aliphatic heterocycles. The average Bonchev–Trinajstić information content (AvgIpc) is 3.05. The highest BCUT2D eigenvalue weighted by molar-refractivity contribution is 7.91. The van der Waals surface area contributed by atoms with Gasteiger partial charge in [0.25, 0.3) is 0 Å². The SMILES string of the molecule is CS(=O)(=O)C1CCN(C(=O)Cc2c[nH]c3ccccc23)C1. The van der Waals surface area contributed by atoms with Gasteiger partial charge in [-0.3, -0.25) is 4.79 Å². The van der Waals surface area contributed by atoms with E-state index >= 15 is 0 Å². The van der Waals surface area contributed by atoms with Crippen LogP contribution in [0.1, 0.15) is 12.0 Å². The van der Waals surface area contributed by atoms with Gasteiger partial charge in [-0.15, -0.1) is 0 Å². The maximum Gasteiger partial charge on any atom is 0.227 e. The lowest BCUT2D eigenvalue weighted by atomic mass is 10.1. The maximum atomic E-state index is 12.3. The third-order valence-electron chi connectivity index (χ3n) is 4.12. The van der Waals surface area contributed by atoms with Crippen LogP contribution in [0.15, 0.2) is 30.5 Å². The van der Waals surface area contributed by atoms with Gasteiger partial charge in [0.05, 0.1) is 11.7 Å². The summed E-state index contributed by atoms with van der Waals surface area (Å²) in [5.74, 6) is -0.00842. The first kappa shape index (κ1) is 14.1. The summed E-state index contributed by atoms with van der Waals surface area (Å²) in [6.07, 6.45) is 3.94. The molecule has 0 saturated carbocycles. The molecule has 6 heteroatoms. The minimum Gasteiger partial charge on any atom is -0.361 e. The molecular formula is C15H18N2O3S. The third kappa shape index (κ3) is 2.81. The lowest BCUT2D eigenvalue weighted by Crippen LogP contribution is -2.32. The van der Waals surface area contributed by atoms with Gasteiger partial charge in [-0.05, 0) is 18.1 Å². The number of benzene rings is 1. The molecule has 21 heavy (non-hydrogen) atoms. The van der Waals surface area contributed by atoms with E-state index < -0.39 is 15.1 Å². The number of amides is 1. The second-order valence-corrected chi connectivity index (χ2v) is 7.94. The highest BCUT2D eigenvalue weighted by Crippen LogP contribution is 2.21. The Kier molecular flexibility index (Phi) is 3.49. The van der Waals surface area contributed by atoms with E-state index in [-0.39, 0.29) is 5.91 Å². The zero-order valence-electron chi connectivity index (χ0n) is 11.9. The quantitative estimate of drug-likeness (QED) is 0.930. The van der Waals surface area contributed by atoms with Crippen LogP contribution in [0.2, 0.25) is 0 Å². The molecule has 1 fully saturated rings. The Labute approximate surface area is 123 Å². The fourth-order valence-corrected chi connectivity index (χ4v) is 3.84. The van der Waals surface area contributed by atoms with Crippen LogP contribution in [0.25, 0.3) is 10.9 Å². The molecule has 1 aromatic heterocycles. The molecule has 0 radical (unpaired) electrons. The van der Waals surface area contributed by atoms with Crippen molar-refractivity contribution in [3.63, 3.8) is 0 Å². The van der Waals surface area contributed by atoms with Crippen LogP contribution in [0, 0.1) is 0 Å². The molecule has 2 aromatic rings. The molecule has 3 rings (SSSR count). The van der Waals surface area contributed by atoms with E-state index in [1.807, 2.05) is 30.5 Å². The highest BCUT2D eigenvalue weighted by Gasteiger charge is 2.32. The number of likely N-dealkylation sites (tertiary alicyclic amines) is 1. The van der Waals surface area contributed by atoms with E-state index in [1.165, 1.54) is 6.26 Å².